The lowest BCUT2D eigenvalue weighted by atomic mass is 9.93. The van der Waals surface area contributed by atoms with Gasteiger partial charge in [0.25, 0.3) is 0 Å². The molecule has 0 unspecified atom stereocenters. The normalized spacial score (nSPS) is 11.5. The number of hydrogen-bond acceptors (Lipinski definition) is 2. The first-order valence-corrected chi connectivity index (χ1v) is 19.4. The van der Waals surface area contributed by atoms with E-state index in [0.717, 1.165) is 78.1 Å². The Morgan fingerprint density at radius 3 is 1.33 bits per heavy atom. The summed E-state index contributed by atoms with van der Waals surface area (Å²) >= 11 is 0. The number of anilines is 3. The predicted molar refractivity (Wildman–Crippen MR) is 239 cm³/mol. The molecule has 3 heteroatoms. The maximum absolute atomic E-state index is 6.36. The van der Waals surface area contributed by atoms with Crippen LogP contribution in [-0.2, 0) is 0 Å². The molecular formula is C54H36N2O. The number of aromatic nitrogens is 1. The van der Waals surface area contributed by atoms with Gasteiger partial charge in [0.15, 0.2) is 0 Å². The third kappa shape index (κ3) is 5.76. The van der Waals surface area contributed by atoms with E-state index in [1.807, 2.05) is 12.1 Å². The number of furan rings is 1. The van der Waals surface area contributed by atoms with Crippen molar-refractivity contribution in [1.82, 2.24) is 4.57 Å². The number of benzene rings is 9. The molecule has 9 aromatic carbocycles. The van der Waals surface area contributed by atoms with E-state index in [1.165, 1.54) is 21.8 Å². The molecule has 0 fully saturated rings. The van der Waals surface area contributed by atoms with Gasteiger partial charge < -0.3 is 13.9 Å². The van der Waals surface area contributed by atoms with Crippen LogP contribution in [0.5, 0.6) is 0 Å². The molecule has 2 heterocycles. The van der Waals surface area contributed by atoms with Gasteiger partial charge >= 0.3 is 0 Å². The third-order valence-corrected chi connectivity index (χ3v) is 11.2. The van der Waals surface area contributed by atoms with Crippen LogP contribution in [0.2, 0.25) is 0 Å². The summed E-state index contributed by atoms with van der Waals surface area (Å²) in [4.78, 5) is 2.30. The molecule has 0 aliphatic heterocycles. The minimum atomic E-state index is 0.891. The molecule has 2 aromatic heterocycles. The maximum atomic E-state index is 6.36. The van der Waals surface area contributed by atoms with Gasteiger partial charge in [0, 0.05) is 44.3 Å². The van der Waals surface area contributed by atoms with Crippen LogP contribution in [0.4, 0.5) is 17.1 Å². The Hall–Kier alpha value is -7.62. The van der Waals surface area contributed by atoms with Gasteiger partial charge in [0.2, 0.25) is 0 Å². The Balaban J connectivity index is 1.03. The molecule has 0 saturated heterocycles. The van der Waals surface area contributed by atoms with Gasteiger partial charge in [-0.3, -0.25) is 0 Å². The largest absolute Gasteiger partial charge is 0.456 e. The van der Waals surface area contributed by atoms with Gasteiger partial charge in [0.1, 0.15) is 11.2 Å². The highest BCUT2D eigenvalue weighted by Crippen LogP contribution is 2.40. The van der Waals surface area contributed by atoms with Crippen molar-refractivity contribution in [3.63, 3.8) is 0 Å². The number of fused-ring (bicyclic) bond motifs is 6. The SMILES string of the molecule is c1ccc(N(c2ccccc2)c2ccc(-c3cc(-c4ccc(-n5c6ccccc6c6ccccc65)cc4)cc(-c4ccc5c(c4)oc4ccccc45)c3)cc2)cc1. The second-order valence-electron chi connectivity index (χ2n) is 14.6. The van der Waals surface area contributed by atoms with Gasteiger partial charge in [0.05, 0.1) is 11.0 Å². The summed E-state index contributed by atoms with van der Waals surface area (Å²) in [6.45, 7) is 0. The zero-order valence-corrected chi connectivity index (χ0v) is 31.1. The lowest BCUT2D eigenvalue weighted by Crippen LogP contribution is -2.09. The monoisotopic (exact) mass is 728 g/mol. The van der Waals surface area contributed by atoms with Crippen molar-refractivity contribution < 1.29 is 4.42 Å². The topological polar surface area (TPSA) is 21.3 Å². The van der Waals surface area contributed by atoms with E-state index in [-0.39, 0.29) is 0 Å². The molecule has 0 radical (unpaired) electrons. The minimum absolute atomic E-state index is 0.891. The molecular weight excluding hydrogens is 693 g/mol. The van der Waals surface area contributed by atoms with E-state index in [0.29, 0.717) is 0 Å². The summed E-state index contributed by atoms with van der Waals surface area (Å²) < 4.78 is 8.73. The van der Waals surface area contributed by atoms with Gasteiger partial charge in [-0.15, -0.1) is 0 Å². The average Bonchev–Trinajstić information content (AvgIpc) is 3.83. The summed E-state index contributed by atoms with van der Waals surface area (Å²) in [5.74, 6) is 0. The molecule has 3 nitrogen and oxygen atoms in total. The highest BCUT2D eigenvalue weighted by atomic mass is 16.3. The summed E-state index contributed by atoms with van der Waals surface area (Å²) in [6, 6.07) is 78.2. The number of hydrogen-bond donors (Lipinski definition) is 0. The van der Waals surface area contributed by atoms with Crippen molar-refractivity contribution in [2.24, 2.45) is 0 Å². The van der Waals surface area contributed by atoms with E-state index in [9.17, 15) is 0 Å². The molecule has 0 saturated carbocycles. The maximum Gasteiger partial charge on any atom is 0.136 e. The first kappa shape index (κ1) is 32.8. The van der Waals surface area contributed by atoms with Crippen LogP contribution in [0, 0.1) is 0 Å². The molecule has 0 aliphatic carbocycles. The van der Waals surface area contributed by atoms with Crippen LogP contribution in [0.15, 0.2) is 223 Å². The highest BCUT2D eigenvalue weighted by Gasteiger charge is 2.16. The second-order valence-corrected chi connectivity index (χ2v) is 14.6. The molecule has 11 aromatic rings. The smallest absolute Gasteiger partial charge is 0.136 e. The van der Waals surface area contributed by atoms with Gasteiger partial charge in [-0.2, -0.15) is 0 Å². The van der Waals surface area contributed by atoms with E-state index in [4.69, 9.17) is 4.42 Å². The Labute approximate surface area is 330 Å². The quantitative estimate of drug-likeness (QED) is 0.163. The lowest BCUT2D eigenvalue weighted by Gasteiger charge is -2.25. The van der Waals surface area contributed by atoms with Crippen molar-refractivity contribution in [2.45, 2.75) is 0 Å². The van der Waals surface area contributed by atoms with Crippen LogP contribution < -0.4 is 4.90 Å². The van der Waals surface area contributed by atoms with Crippen LogP contribution in [0.25, 0.3) is 82.8 Å². The van der Waals surface area contributed by atoms with Crippen LogP contribution >= 0.6 is 0 Å². The Kier molecular flexibility index (Phi) is 7.82. The van der Waals surface area contributed by atoms with Crippen molar-refractivity contribution in [1.29, 1.82) is 0 Å². The molecule has 0 bridgehead atoms. The fraction of sp³-hybridized carbons (Fsp3) is 0. The van der Waals surface area contributed by atoms with Gasteiger partial charge in [-0.05, 0) is 130 Å². The highest BCUT2D eigenvalue weighted by molar-refractivity contribution is 6.09. The minimum Gasteiger partial charge on any atom is -0.456 e. The summed E-state index contributed by atoms with van der Waals surface area (Å²) in [5.41, 5.74) is 15.5. The van der Waals surface area contributed by atoms with Crippen LogP contribution in [-0.4, -0.2) is 4.57 Å². The Bertz CT molecular complexity index is 3120. The van der Waals surface area contributed by atoms with E-state index in [2.05, 4.69) is 216 Å². The molecule has 57 heavy (non-hydrogen) atoms. The summed E-state index contributed by atoms with van der Waals surface area (Å²) in [6.07, 6.45) is 0. The van der Waals surface area contributed by atoms with Crippen molar-refractivity contribution in [2.75, 3.05) is 4.90 Å². The van der Waals surface area contributed by atoms with Crippen LogP contribution in [0.1, 0.15) is 0 Å². The van der Waals surface area contributed by atoms with E-state index >= 15 is 0 Å². The molecule has 0 atom stereocenters. The van der Waals surface area contributed by atoms with E-state index in [1.54, 1.807) is 0 Å². The summed E-state index contributed by atoms with van der Waals surface area (Å²) in [7, 11) is 0. The third-order valence-electron chi connectivity index (χ3n) is 11.2. The van der Waals surface area contributed by atoms with E-state index < -0.39 is 0 Å². The number of rotatable bonds is 7. The standard InChI is InChI=1S/C54H36N2O/c1-3-13-43(14-4-1)55(44-15-5-2-6-16-44)45-28-23-37(24-29-45)40-33-41(35-42(34-40)39-27-32-50-49-19-9-12-22-53(49)57-54(50)36-39)38-25-30-46(31-26-38)56-51-20-10-7-17-47(51)48-18-8-11-21-52(48)56/h1-36H. The predicted octanol–water partition coefficient (Wildman–Crippen LogP) is 15.2. The van der Waals surface area contributed by atoms with Crippen molar-refractivity contribution in [3.8, 4) is 39.1 Å². The van der Waals surface area contributed by atoms with Gasteiger partial charge in [-0.25, -0.2) is 0 Å². The Morgan fingerprint density at radius 2 is 0.737 bits per heavy atom. The fourth-order valence-corrected chi connectivity index (χ4v) is 8.44. The number of para-hydroxylation sites is 5. The second kappa shape index (κ2) is 13.6. The summed E-state index contributed by atoms with van der Waals surface area (Å²) in [5, 5.41) is 4.79. The molecule has 0 amide bonds. The first-order chi connectivity index (χ1) is 28.2. The molecule has 268 valence electrons. The lowest BCUT2D eigenvalue weighted by molar-refractivity contribution is 0.669. The molecule has 0 N–H and O–H groups in total. The average molecular weight is 729 g/mol. The molecule has 0 aliphatic rings. The van der Waals surface area contributed by atoms with Crippen LogP contribution in [0.3, 0.4) is 0 Å². The molecule has 0 spiro atoms. The van der Waals surface area contributed by atoms with Gasteiger partial charge in [-0.1, -0.05) is 121 Å². The zero-order valence-electron chi connectivity index (χ0n) is 31.1. The fourth-order valence-electron chi connectivity index (χ4n) is 8.44. The first-order valence-electron chi connectivity index (χ1n) is 19.4. The number of nitrogens with zero attached hydrogens (tertiary/aromatic N) is 2. The Morgan fingerprint density at radius 1 is 0.298 bits per heavy atom. The van der Waals surface area contributed by atoms with Crippen molar-refractivity contribution >= 4 is 60.8 Å². The zero-order chi connectivity index (χ0) is 37.7. The van der Waals surface area contributed by atoms with Crippen molar-refractivity contribution in [3.05, 3.63) is 218 Å². The molecule has 11 rings (SSSR count).